The van der Waals surface area contributed by atoms with E-state index in [-0.39, 0.29) is 4.90 Å². The number of sulfonamides is 1. The van der Waals surface area contributed by atoms with Gasteiger partial charge in [0.05, 0.1) is 22.6 Å². The van der Waals surface area contributed by atoms with Gasteiger partial charge < -0.3 is 5.32 Å². The number of thiazole rings is 1. The second kappa shape index (κ2) is 6.14. The van der Waals surface area contributed by atoms with E-state index < -0.39 is 10.0 Å². The second-order valence-corrected chi connectivity index (χ2v) is 6.34. The van der Waals surface area contributed by atoms with Crippen molar-refractivity contribution in [2.75, 3.05) is 11.9 Å². The van der Waals surface area contributed by atoms with E-state index in [1.807, 2.05) is 5.38 Å². The highest BCUT2D eigenvalue weighted by Gasteiger charge is 2.11. The van der Waals surface area contributed by atoms with Crippen LogP contribution in [-0.2, 0) is 16.6 Å². The SMILES string of the molecule is CCNS(=O)(=O)c1ccc(NCc2cscn2)cc1. The molecule has 0 aliphatic heterocycles. The van der Waals surface area contributed by atoms with Gasteiger partial charge in [0, 0.05) is 17.6 Å². The maximum Gasteiger partial charge on any atom is 0.240 e. The van der Waals surface area contributed by atoms with Gasteiger partial charge in [-0.3, -0.25) is 0 Å². The Labute approximate surface area is 116 Å². The van der Waals surface area contributed by atoms with Gasteiger partial charge in [-0.05, 0) is 24.3 Å². The van der Waals surface area contributed by atoms with E-state index in [1.165, 1.54) is 0 Å². The van der Waals surface area contributed by atoms with Crippen molar-refractivity contribution in [1.29, 1.82) is 0 Å². The van der Waals surface area contributed by atoms with Crippen LogP contribution in [0.1, 0.15) is 12.6 Å². The monoisotopic (exact) mass is 297 g/mol. The number of anilines is 1. The molecule has 0 unspecified atom stereocenters. The summed E-state index contributed by atoms with van der Waals surface area (Å²) in [6.45, 7) is 2.76. The highest BCUT2D eigenvalue weighted by Crippen LogP contribution is 2.14. The molecule has 0 saturated heterocycles. The highest BCUT2D eigenvalue weighted by molar-refractivity contribution is 7.89. The van der Waals surface area contributed by atoms with Crippen LogP contribution in [-0.4, -0.2) is 19.9 Å². The summed E-state index contributed by atoms with van der Waals surface area (Å²) in [5.74, 6) is 0. The van der Waals surface area contributed by atoms with Gasteiger partial charge >= 0.3 is 0 Å². The lowest BCUT2D eigenvalue weighted by molar-refractivity contribution is 0.584. The third kappa shape index (κ3) is 3.76. The van der Waals surface area contributed by atoms with Crippen LogP contribution in [0.25, 0.3) is 0 Å². The molecule has 2 N–H and O–H groups in total. The zero-order chi connectivity index (χ0) is 13.7. The summed E-state index contributed by atoms with van der Waals surface area (Å²) < 4.78 is 26.0. The van der Waals surface area contributed by atoms with Crippen molar-refractivity contribution in [1.82, 2.24) is 9.71 Å². The minimum Gasteiger partial charge on any atom is -0.379 e. The van der Waals surface area contributed by atoms with Crippen molar-refractivity contribution in [3.8, 4) is 0 Å². The Balaban J connectivity index is 2.02. The Morgan fingerprint density at radius 3 is 2.58 bits per heavy atom. The summed E-state index contributed by atoms with van der Waals surface area (Å²) in [5.41, 5.74) is 3.61. The van der Waals surface area contributed by atoms with Crippen LogP contribution in [0.15, 0.2) is 40.1 Å². The van der Waals surface area contributed by atoms with E-state index in [0.29, 0.717) is 13.1 Å². The average molecular weight is 297 g/mol. The molecule has 0 radical (unpaired) electrons. The molecular formula is C12H15N3O2S2. The van der Waals surface area contributed by atoms with Gasteiger partial charge in [-0.2, -0.15) is 0 Å². The zero-order valence-corrected chi connectivity index (χ0v) is 12.1. The summed E-state index contributed by atoms with van der Waals surface area (Å²) in [4.78, 5) is 4.43. The fourth-order valence-electron chi connectivity index (χ4n) is 1.54. The van der Waals surface area contributed by atoms with Crippen LogP contribution >= 0.6 is 11.3 Å². The van der Waals surface area contributed by atoms with E-state index in [4.69, 9.17) is 0 Å². The number of hydrogen-bond acceptors (Lipinski definition) is 5. The number of nitrogens with one attached hydrogen (secondary N) is 2. The van der Waals surface area contributed by atoms with Gasteiger partial charge in [0.2, 0.25) is 10.0 Å². The molecule has 0 aliphatic rings. The number of hydrogen-bond donors (Lipinski definition) is 2. The van der Waals surface area contributed by atoms with Crippen molar-refractivity contribution in [3.63, 3.8) is 0 Å². The molecule has 2 rings (SSSR count). The second-order valence-electron chi connectivity index (χ2n) is 3.86. The molecule has 1 heterocycles. The minimum atomic E-state index is -3.37. The lowest BCUT2D eigenvalue weighted by atomic mass is 10.3. The topological polar surface area (TPSA) is 71.1 Å². The molecule has 1 aromatic heterocycles. The Morgan fingerprint density at radius 2 is 2.00 bits per heavy atom. The van der Waals surface area contributed by atoms with E-state index >= 15 is 0 Å². The molecule has 0 spiro atoms. The van der Waals surface area contributed by atoms with Gasteiger partial charge in [-0.1, -0.05) is 6.92 Å². The zero-order valence-electron chi connectivity index (χ0n) is 10.5. The van der Waals surface area contributed by atoms with E-state index in [2.05, 4.69) is 15.0 Å². The quantitative estimate of drug-likeness (QED) is 0.856. The van der Waals surface area contributed by atoms with Crippen LogP contribution in [0.4, 0.5) is 5.69 Å². The molecule has 5 nitrogen and oxygen atoms in total. The van der Waals surface area contributed by atoms with E-state index in [1.54, 1.807) is 48.0 Å². The van der Waals surface area contributed by atoms with Crippen LogP contribution in [0.3, 0.4) is 0 Å². The summed E-state index contributed by atoms with van der Waals surface area (Å²) in [7, 11) is -3.37. The highest BCUT2D eigenvalue weighted by atomic mass is 32.2. The third-order valence-electron chi connectivity index (χ3n) is 2.46. The van der Waals surface area contributed by atoms with Crippen LogP contribution in [0.5, 0.6) is 0 Å². The van der Waals surface area contributed by atoms with Crippen LogP contribution in [0.2, 0.25) is 0 Å². The summed E-state index contributed by atoms with van der Waals surface area (Å²) in [5, 5.41) is 5.16. The van der Waals surface area contributed by atoms with Gasteiger partial charge in [-0.15, -0.1) is 11.3 Å². The first-order chi connectivity index (χ1) is 9.12. The van der Waals surface area contributed by atoms with Gasteiger partial charge in [0.1, 0.15) is 0 Å². The minimum absolute atomic E-state index is 0.272. The van der Waals surface area contributed by atoms with Crippen molar-refractivity contribution >= 4 is 27.0 Å². The number of rotatable bonds is 6. The molecule has 19 heavy (non-hydrogen) atoms. The molecule has 2 aromatic rings. The summed E-state index contributed by atoms with van der Waals surface area (Å²) in [6, 6.07) is 6.66. The van der Waals surface area contributed by atoms with Crippen LogP contribution < -0.4 is 10.0 Å². The largest absolute Gasteiger partial charge is 0.379 e. The number of nitrogens with zero attached hydrogens (tertiary/aromatic N) is 1. The molecule has 1 aromatic carbocycles. The normalized spacial score (nSPS) is 11.4. The van der Waals surface area contributed by atoms with Crippen molar-refractivity contribution in [3.05, 3.63) is 40.8 Å². The Morgan fingerprint density at radius 1 is 1.26 bits per heavy atom. The first-order valence-corrected chi connectivity index (χ1v) is 8.25. The first kappa shape index (κ1) is 14.0. The molecule has 0 aliphatic carbocycles. The maximum atomic E-state index is 11.7. The maximum absolute atomic E-state index is 11.7. The summed E-state index contributed by atoms with van der Waals surface area (Å²) in [6.07, 6.45) is 0. The fraction of sp³-hybridized carbons (Fsp3) is 0.250. The van der Waals surface area contributed by atoms with Gasteiger partial charge in [0.25, 0.3) is 0 Å². The standard InChI is InChI=1S/C12H15N3O2S2/c1-2-15-19(16,17)12-5-3-10(4-6-12)13-7-11-8-18-9-14-11/h3-6,8-9,13,15H,2,7H2,1H3. The molecule has 0 saturated carbocycles. The van der Waals surface area contributed by atoms with Crippen LogP contribution in [0, 0.1) is 0 Å². The predicted octanol–water partition coefficient (Wildman–Crippen LogP) is 2.05. The Bertz CT molecular complexity index is 607. The third-order valence-corrected chi connectivity index (χ3v) is 4.65. The average Bonchev–Trinajstić information content (AvgIpc) is 2.90. The molecule has 0 bridgehead atoms. The lowest BCUT2D eigenvalue weighted by Crippen LogP contribution is -2.23. The first-order valence-electron chi connectivity index (χ1n) is 5.82. The van der Waals surface area contributed by atoms with Crippen molar-refractivity contribution in [2.45, 2.75) is 18.4 Å². The smallest absolute Gasteiger partial charge is 0.240 e. The Kier molecular flexibility index (Phi) is 4.52. The Hall–Kier alpha value is -1.44. The van der Waals surface area contributed by atoms with Gasteiger partial charge in [0.15, 0.2) is 0 Å². The van der Waals surface area contributed by atoms with Gasteiger partial charge in [-0.25, -0.2) is 18.1 Å². The number of benzene rings is 1. The van der Waals surface area contributed by atoms with Crippen molar-refractivity contribution < 1.29 is 8.42 Å². The predicted molar refractivity (Wildman–Crippen MR) is 76.7 cm³/mol. The van der Waals surface area contributed by atoms with E-state index in [9.17, 15) is 8.42 Å². The number of aromatic nitrogens is 1. The summed E-state index contributed by atoms with van der Waals surface area (Å²) >= 11 is 1.55. The molecule has 0 amide bonds. The lowest BCUT2D eigenvalue weighted by Gasteiger charge is -2.07. The molecule has 0 fully saturated rings. The molecular weight excluding hydrogens is 282 g/mol. The van der Waals surface area contributed by atoms with Crippen molar-refractivity contribution in [2.24, 2.45) is 0 Å². The molecule has 7 heteroatoms. The fourth-order valence-corrected chi connectivity index (χ4v) is 3.14. The molecule has 102 valence electrons. The van der Waals surface area contributed by atoms with E-state index in [0.717, 1.165) is 11.4 Å². The molecule has 0 atom stereocenters.